The van der Waals surface area contributed by atoms with Crippen LogP contribution in [0.4, 0.5) is 4.39 Å². The summed E-state index contributed by atoms with van der Waals surface area (Å²) in [5.41, 5.74) is 0.508. The normalized spacial score (nSPS) is 10.6. The Morgan fingerprint density at radius 1 is 1.41 bits per heavy atom. The number of halogens is 3. The summed E-state index contributed by atoms with van der Waals surface area (Å²) in [6.45, 7) is 1.82. The van der Waals surface area contributed by atoms with Crippen molar-refractivity contribution in [3.05, 3.63) is 54.9 Å². The first-order valence-corrected chi connectivity index (χ1v) is 6.74. The summed E-state index contributed by atoms with van der Waals surface area (Å²) < 4.78 is 14.6. The van der Waals surface area contributed by atoms with Gasteiger partial charge in [0.2, 0.25) is 0 Å². The van der Waals surface area contributed by atoms with E-state index in [2.05, 4.69) is 15.9 Å². The molecule has 5 heteroatoms. The topological polar surface area (TPSA) is 17.1 Å². The molecular formula is C12H7BrClFOS. The Kier molecular flexibility index (Phi) is 3.66. The standard InChI is InChI=1S/C12H7BrClFOS/c1-6-8(5-10(13)17-6)12(16)7-3-2-4-9(14)11(7)15/h2-5H,1H3. The lowest BCUT2D eigenvalue weighted by Gasteiger charge is -2.03. The first-order valence-electron chi connectivity index (χ1n) is 4.75. The number of thiophene rings is 1. The molecule has 0 aliphatic heterocycles. The molecule has 2 rings (SSSR count). The average Bonchev–Trinajstić information content (AvgIpc) is 2.61. The van der Waals surface area contributed by atoms with E-state index in [9.17, 15) is 9.18 Å². The largest absolute Gasteiger partial charge is 0.288 e. The zero-order chi connectivity index (χ0) is 12.6. The van der Waals surface area contributed by atoms with Gasteiger partial charge < -0.3 is 0 Å². The van der Waals surface area contributed by atoms with Gasteiger partial charge in [-0.1, -0.05) is 17.7 Å². The fourth-order valence-electron chi connectivity index (χ4n) is 1.50. The number of carbonyl (C=O) groups is 1. The molecule has 0 bridgehead atoms. The van der Waals surface area contributed by atoms with Crippen molar-refractivity contribution < 1.29 is 9.18 Å². The molecule has 0 radical (unpaired) electrons. The van der Waals surface area contributed by atoms with Crippen molar-refractivity contribution in [3.63, 3.8) is 0 Å². The second kappa shape index (κ2) is 4.88. The Bertz CT molecular complexity index is 594. The summed E-state index contributed by atoms with van der Waals surface area (Å²) in [4.78, 5) is 13.0. The molecule has 1 heterocycles. The third kappa shape index (κ3) is 2.44. The van der Waals surface area contributed by atoms with E-state index in [1.165, 1.54) is 23.5 Å². The van der Waals surface area contributed by atoms with Gasteiger partial charge in [-0.15, -0.1) is 11.3 Å². The molecule has 0 atom stereocenters. The van der Waals surface area contributed by atoms with Gasteiger partial charge in [-0.3, -0.25) is 4.79 Å². The molecule has 0 saturated carbocycles. The zero-order valence-corrected chi connectivity index (χ0v) is 11.9. The Morgan fingerprint density at radius 2 is 2.12 bits per heavy atom. The van der Waals surface area contributed by atoms with E-state index >= 15 is 0 Å². The van der Waals surface area contributed by atoms with E-state index in [-0.39, 0.29) is 16.4 Å². The third-order valence-electron chi connectivity index (χ3n) is 2.33. The molecule has 2 aromatic rings. The Balaban J connectivity index is 2.51. The predicted molar refractivity (Wildman–Crippen MR) is 71.6 cm³/mol. The van der Waals surface area contributed by atoms with Crippen molar-refractivity contribution in [2.75, 3.05) is 0 Å². The van der Waals surface area contributed by atoms with Crippen LogP contribution < -0.4 is 0 Å². The lowest BCUT2D eigenvalue weighted by Crippen LogP contribution is -2.04. The van der Waals surface area contributed by atoms with Gasteiger partial charge in [-0.05, 0) is 41.1 Å². The molecule has 1 aromatic carbocycles. The zero-order valence-electron chi connectivity index (χ0n) is 8.76. The number of aryl methyl sites for hydroxylation is 1. The number of rotatable bonds is 2. The molecule has 0 aliphatic carbocycles. The van der Waals surface area contributed by atoms with E-state index in [1.807, 2.05) is 6.92 Å². The fraction of sp³-hybridized carbons (Fsp3) is 0.0833. The number of hydrogen-bond acceptors (Lipinski definition) is 2. The summed E-state index contributed by atoms with van der Waals surface area (Å²) >= 11 is 10.4. The van der Waals surface area contributed by atoms with Gasteiger partial charge in [-0.25, -0.2) is 4.39 Å². The molecule has 0 unspecified atom stereocenters. The Morgan fingerprint density at radius 3 is 2.71 bits per heavy atom. The highest BCUT2D eigenvalue weighted by atomic mass is 79.9. The molecule has 1 nitrogen and oxygen atoms in total. The van der Waals surface area contributed by atoms with E-state index in [1.54, 1.807) is 12.1 Å². The predicted octanol–water partition coefficient (Wildman–Crippen LogP) is 4.84. The summed E-state index contributed by atoms with van der Waals surface area (Å²) in [7, 11) is 0. The highest BCUT2D eigenvalue weighted by Crippen LogP contribution is 2.29. The van der Waals surface area contributed by atoms with Crippen molar-refractivity contribution >= 4 is 44.7 Å². The maximum absolute atomic E-state index is 13.7. The van der Waals surface area contributed by atoms with Gasteiger partial charge in [0.05, 0.1) is 14.4 Å². The lowest BCUT2D eigenvalue weighted by molar-refractivity contribution is 0.103. The van der Waals surface area contributed by atoms with Gasteiger partial charge in [0.15, 0.2) is 11.6 Å². The number of hydrogen-bond donors (Lipinski definition) is 0. The second-order valence-corrected chi connectivity index (χ2v) is 6.49. The highest BCUT2D eigenvalue weighted by Gasteiger charge is 2.19. The summed E-state index contributed by atoms with van der Waals surface area (Å²) in [5, 5.41) is -0.0391. The molecule has 88 valence electrons. The fourth-order valence-corrected chi connectivity index (χ4v) is 3.36. The van der Waals surface area contributed by atoms with Gasteiger partial charge in [0, 0.05) is 10.4 Å². The summed E-state index contributed by atoms with van der Waals surface area (Å²) in [6.07, 6.45) is 0. The molecule has 0 aliphatic rings. The first-order chi connectivity index (χ1) is 8.00. The first kappa shape index (κ1) is 12.7. The molecule has 0 N–H and O–H groups in total. The Labute approximate surface area is 115 Å². The van der Waals surface area contributed by atoms with Crippen LogP contribution in [-0.2, 0) is 0 Å². The van der Waals surface area contributed by atoms with Gasteiger partial charge >= 0.3 is 0 Å². The van der Waals surface area contributed by atoms with Crippen molar-refractivity contribution in [1.82, 2.24) is 0 Å². The molecule has 17 heavy (non-hydrogen) atoms. The molecule has 0 amide bonds. The average molecular weight is 334 g/mol. The molecule has 0 spiro atoms. The minimum atomic E-state index is -0.666. The monoisotopic (exact) mass is 332 g/mol. The van der Waals surface area contributed by atoms with Crippen LogP contribution in [-0.4, -0.2) is 5.78 Å². The van der Waals surface area contributed by atoms with Crippen LogP contribution in [0, 0.1) is 12.7 Å². The molecule has 0 saturated heterocycles. The second-order valence-electron chi connectivity index (χ2n) is 3.45. The van der Waals surface area contributed by atoms with E-state index < -0.39 is 5.82 Å². The number of benzene rings is 1. The number of carbonyl (C=O) groups excluding carboxylic acids is 1. The van der Waals surface area contributed by atoms with Crippen molar-refractivity contribution in [2.24, 2.45) is 0 Å². The quantitative estimate of drug-likeness (QED) is 0.719. The van der Waals surface area contributed by atoms with Crippen molar-refractivity contribution in [2.45, 2.75) is 6.92 Å². The van der Waals surface area contributed by atoms with Crippen LogP contribution in [0.1, 0.15) is 20.8 Å². The Hall–Kier alpha value is -0.710. The van der Waals surface area contributed by atoms with Crippen LogP contribution in [0.15, 0.2) is 28.1 Å². The minimum Gasteiger partial charge on any atom is -0.288 e. The van der Waals surface area contributed by atoms with E-state index in [0.29, 0.717) is 5.56 Å². The maximum Gasteiger partial charge on any atom is 0.197 e. The molecule has 1 aromatic heterocycles. The van der Waals surface area contributed by atoms with Crippen molar-refractivity contribution in [3.8, 4) is 0 Å². The number of ketones is 1. The lowest BCUT2D eigenvalue weighted by atomic mass is 10.0. The van der Waals surface area contributed by atoms with Crippen LogP contribution in [0.3, 0.4) is 0 Å². The minimum absolute atomic E-state index is 0.00546. The van der Waals surface area contributed by atoms with Crippen molar-refractivity contribution in [1.29, 1.82) is 0 Å². The van der Waals surface area contributed by atoms with Crippen LogP contribution in [0.2, 0.25) is 5.02 Å². The van der Waals surface area contributed by atoms with Crippen LogP contribution in [0.25, 0.3) is 0 Å². The van der Waals surface area contributed by atoms with Crippen LogP contribution in [0.5, 0.6) is 0 Å². The van der Waals surface area contributed by atoms with Gasteiger partial charge in [0.1, 0.15) is 0 Å². The van der Waals surface area contributed by atoms with E-state index in [0.717, 1.165) is 8.66 Å². The molecular weight excluding hydrogens is 327 g/mol. The van der Waals surface area contributed by atoms with Gasteiger partial charge in [0.25, 0.3) is 0 Å². The van der Waals surface area contributed by atoms with Gasteiger partial charge in [-0.2, -0.15) is 0 Å². The third-order valence-corrected chi connectivity index (χ3v) is 4.17. The van der Waals surface area contributed by atoms with E-state index in [4.69, 9.17) is 11.6 Å². The smallest absolute Gasteiger partial charge is 0.197 e. The summed E-state index contributed by atoms with van der Waals surface area (Å²) in [6, 6.07) is 6.12. The maximum atomic E-state index is 13.7. The molecule has 0 fully saturated rings. The SMILES string of the molecule is Cc1sc(Br)cc1C(=O)c1cccc(Cl)c1F. The summed E-state index contributed by atoms with van der Waals surface area (Å²) in [5.74, 6) is -1.01. The highest BCUT2D eigenvalue weighted by molar-refractivity contribution is 9.11. The van der Waals surface area contributed by atoms with Crippen LogP contribution >= 0.6 is 38.9 Å².